The Kier molecular flexibility index (Phi) is 29.7. The fourth-order valence-electron chi connectivity index (χ4n) is 4.16. The molecule has 0 saturated heterocycles. The first-order valence-corrected chi connectivity index (χ1v) is 15.6. The first-order valence-electron chi connectivity index (χ1n) is 15.6. The van der Waals surface area contributed by atoms with E-state index in [0.717, 1.165) is 38.5 Å². The van der Waals surface area contributed by atoms with Gasteiger partial charge in [0.2, 0.25) is 0 Å². The third-order valence-corrected chi connectivity index (χ3v) is 6.48. The molecule has 37 heavy (non-hydrogen) atoms. The van der Waals surface area contributed by atoms with Gasteiger partial charge in [-0.25, -0.2) is 0 Å². The van der Waals surface area contributed by atoms with Gasteiger partial charge >= 0.3 is 5.97 Å². The highest BCUT2D eigenvalue weighted by atomic mass is 16.6. The molecule has 0 aliphatic heterocycles. The molecule has 0 fully saturated rings. The molecule has 0 aromatic rings. The standard InChI is InChI=1S/C33H60O4/c1-3-5-7-9-11-12-13-14-15-16-17-18-19-20-21-23-25-27-29-36-31-32(30-34)37-33(35)28-26-24-22-10-8-6-4-2/h5,7,11-12,14-15,32,34H,3-4,6,8-10,13,16-31H2,1-2H3/b7-5-,12-11-,15-14-. The minimum atomic E-state index is -0.531. The highest BCUT2D eigenvalue weighted by Gasteiger charge is 2.13. The van der Waals surface area contributed by atoms with Crippen LogP contribution in [0.1, 0.15) is 142 Å². The number of ether oxygens (including phenoxy) is 2. The molecule has 0 aromatic carbocycles. The smallest absolute Gasteiger partial charge is 0.306 e. The number of allylic oxidation sites excluding steroid dienone is 6. The topological polar surface area (TPSA) is 55.8 Å². The average Bonchev–Trinajstić information content (AvgIpc) is 2.90. The van der Waals surface area contributed by atoms with E-state index in [9.17, 15) is 9.90 Å². The van der Waals surface area contributed by atoms with Crippen molar-refractivity contribution in [1.82, 2.24) is 0 Å². The van der Waals surface area contributed by atoms with Crippen LogP contribution in [0.5, 0.6) is 0 Å². The largest absolute Gasteiger partial charge is 0.457 e. The van der Waals surface area contributed by atoms with Crippen LogP contribution in [-0.2, 0) is 14.3 Å². The fraction of sp³-hybridized carbons (Fsp3) is 0.788. The molecule has 1 atom stereocenters. The summed E-state index contributed by atoms with van der Waals surface area (Å²) < 4.78 is 11.0. The maximum Gasteiger partial charge on any atom is 0.306 e. The second kappa shape index (κ2) is 30.8. The Morgan fingerprint density at radius 3 is 1.84 bits per heavy atom. The predicted molar refractivity (Wildman–Crippen MR) is 159 cm³/mol. The van der Waals surface area contributed by atoms with Crippen molar-refractivity contribution in [3.05, 3.63) is 36.5 Å². The SMILES string of the molecule is CC/C=C\C/C=C\C/C=C\CCCCCCCCCCOCC(CO)OC(=O)CCCCCCCCC. The molecule has 0 amide bonds. The average molecular weight is 521 g/mol. The van der Waals surface area contributed by atoms with Gasteiger partial charge in [0.25, 0.3) is 0 Å². The highest BCUT2D eigenvalue weighted by molar-refractivity contribution is 5.69. The lowest BCUT2D eigenvalue weighted by molar-refractivity contribution is -0.154. The van der Waals surface area contributed by atoms with E-state index in [4.69, 9.17) is 9.47 Å². The van der Waals surface area contributed by atoms with Crippen molar-refractivity contribution in [1.29, 1.82) is 0 Å². The number of unbranched alkanes of at least 4 members (excludes halogenated alkanes) is 14. The van der Waals surface area contributed by atoms with Crippen LogP contribution in [0.25, 0.3) is 0 Å². The third kappa shape index (κ3) is 29.0. The summed E-state index contributed by atoms with van der Waals surface area (Å²) in [6.07, 6.45) is 36.1. The Morgan fingerprint density at radius 2 is 1.22 bits per heavy atom. The molecule has 0 aromatic heterocycles. The lowest BCUT2D eigenvalue weighted by Gasteiger charge is -2.15. The van der Waals surface area contributed by atoms with Gasteiger partial charge in [-0.2, -0.15) is 0 Å². The fourth-order valence-corrected chi connectivity index (χ4v) is 4.16. The molecule has 0 aliphatic rings. The van der Waals surface area contributed by atoms with E-state index in [1.165, 1.54) is 83.5 Å². The lowest BCUT2D eigenvalue weighted by Crippen LogP contribution is -2.27. The number of carbonyl (C=O) groups is 1. The molecular weight excluding hydrogens is 460 g/mol. The molecule has 4 heteroatoms. The van der Waals surface area contributed by atoms with Gasteiger partial charge in [0.05, 0.1) is 13.2 Å². The molecule has 0 aliphatic carbocycles. The van der Waals surface area contributed by atoms with Gasteiger partial charge in [0.15, 0.2) is 0 Å². The zero-order valence-corrected chi connectivity index (χ0v) is 24.5. The molecule has 0 saturated carbocycles. The van der Waals surface area contributed by atoms with E-state index in [1.54, 1.807) is 0 Å². The summed E-state index contributed by atoms with van der Waals surface area (Å²) in [5.41, 5.74) is 0. The molecule has 216 valence electrons. The maximum atomic E-state index is 12.0. The first-order chi connectivity index (χ1) is 18.2. The van der Waals surface area contributed by atoms with Crippen LogP contribution >= 0.6 is 0 Å². The molecule has 0 bridgehead atoms. The van der Waals surface area contributed by atoms with E-state index >= 15 is 0 Å². The number of rotatable bonds is 28. The molecular formula is C33H60O4. The number of aliphatic hydroxyl groups excluding tert-OH is 1. The number of esters is 1. The van der Waals surface area contributed by atoms with Crippen LogP contribution in [0.15, 0.2) is 36.5 Å². The summed E-state index contributed by atoms with van der Waals surface area (Å²) in [6.45, 7) is 5.17. The molecule has 0 spiro atoms. The van der Waals surface area contributed by atoms with Gasteiger partial charge in [-0.1, -0.05) is 127 Å². The highest BCUT2D eigenvalue weighted by Crippen LogP contribution is 2.11. The van der Waals surface area contributed by atoms with Crippen LogP contribution in [-0.4, -0.2) is 37.0 Å². The molecule has 0 heterocycles. The minimum absolute atomic E-state index is 0.174. The Morgan fingerprint density at radius 1 is 0.676 bits per heavy atom. The quantitative estimate of drug-likeness (QED) is 0.0634. The Hall–Kier alpha value is -1.39. The van der Waals surface area contributed by atoms with Crippen molar-refractivity contribution in [2.24, 2.45) is 0 Å². The van der Waals surface area contributed by atoms with Crippen molar-refractivity contribution in [2.45, 2.75) is 148 Å². The zero-order chi connectivity index (χ0) is 27.1. The van der Waals surface area contributed by atoms with Crippen LogP contribution < -0.4 is 0 Å². The van der Waals surface area contributed by atoms with Crippen LogP contribution in [0.4, 0.5) is 0 Å². The van der Waals surface area contributed by atoms with Gasteiger partial charge in [0.1, 0.15) is 6.10 Å². The summed E-state index contributed by atoms with van der Waals surface area (Å²) >= 11 is 0. The molecule has 4 nitrogen and oxygen atoms in total. The van der Waals surface area contributed by atoms with E-state index < -0.39 is 6.10 Å². The second-order valence-electron chi connectivity index (χ2n) is 10.2. The van der Waals surface area contributed by atoms with Crippen molar-refractivity contribution in [3.8, 4) is 0 Å². The number of aliphatic hydroxyl groups is 1. The lowest BCUT2D eigenvalue weighted by atomic mass is 10.1. The van der Waals surface area contributed by atoms with Gasteiger partial charge in [-0.3, -0.25) is 4.79 Å². The van der Waals surface area contributed by atoms with Crippen molar-refractivity contribution in [3.63, 3.8) is 0 Å². The molecule has 0 radical (unpaired) electrons. The summed E-state index contributed by atoms with van der Waals surface area (Å²) in [5, 5.41) is 9.46. The molecule has 1 N–H and O–H groups in total. The third-order valence-electron chi connectivity index (χ3n) is 6.48. The van der Waals surface area contributed by atoms with Gasteiger partial charge < -0.3 is 14.6 Å². The number of hydrogen-bond donors (Lipinski definition) is 1. The molecule has 0 rings (SSSR count). The van der Waals surface area contributed by atoms with Gasteiger partial charge in [0, 0.05) is 13.0 Å². The van der Waals surface area contributed by atoms with E-state index in [-0.39, 0.29) is 12.6 Å². The second-order valence-corrected chi connectivity index (χ2v) is 10.2. The summed E-state index contributed by atoms with van der Waals surface area (Å²) in [5.74, 6) is -0.213. The van der Waals surface area contributed by atoms with Gasteiger partial charge in [-0.05, 0) is 44.9 Å². The zero-order valence-electron chi connectivity index (χ0n) is 24.5. The Labute approximate surface area is 230 Å². The normalized spacial score (nSPS) is 12.8. The number of carbonyl (C=O) groups excluding carboxylic acids is 1. The van der Waals surface area contributed by atoms with Crippen molar-refractivity contribution >= 4 is 5.97 Å². The summed E-state index contributed by atoms with van der Waals surface area (Å²) in [7, 11) is 0. The van der Waals surface area contributed by atoms with Crippen molar-refractivity contribution in [2.75, 3.05) is 19.8 Å². The predicted octanol–water partition coefficient (Wildman–Crippen LogP) is 9.42. The maximum absolute atomic E-state index is 12.0. The first kappa shape index (κ1) is 35.6. The minimum Gasteiger partial charge on any atom is -0.457 e. The van der Waals surface area contributed by atoms with Crippen LogP contribution in [0, 0.1) is 0 Å². The molecule has 1 unspecified atom stereocenters. The Bertz CT molecular complexity index is 553. The van der Waals surface area contributed by atoms with E-state index in [0.29, 0.717) is 19.6 Å². The number of hydrogen-bond acceptors (Lipinski definition) is 4. The van der Waals surface area contributed by atoms with Gasteiger partial charge in [-0.15, -0.1) is 0 Å². The Balaban J connectivity index is 3.44. The van der Waals surface area contributed by atoms with Crippen LogP contribution in [0.3, 0.4) is 0 Å². The monoisotopic (exact) mass is 520 g/mol. The van der Waals surface area contributed by atoms with E-state index in [1.807, 2.05) is 0 Å². The summed E-state index contributed by atoms with van der Waals surface area (Å²) in [4.78, 5) is 12.0. The summed E-state index contributed by atoms with van der Waals surface area (Å²) in [6, 6.07) is 0. The van der Waals surface area contributed by atoms with Crippen molar-refractivity contribution < 1.29 is 19.4 Å². The van der Waals surface area contributed by atoms with Crippen LogP contribution in [0.2, 0.25) is 0 Å². The van der Waals surface area contributed by atoms with E-state index in [2.05, 4.69) is 50.3 Å².